The van der Waals surface area contributed by atoms with E-state index in [0.29, 0.717) is 5.56 Å². The van der Waals surface area contributed by atoms with E-state index in [1.54, 1.807) is 23.7 Å². The molecule has 3 rings (SSSR count). The lowest BCUT2D eigenvalue weighted by molar-refractivity contribution is 0.112. The molecule has 2 heterocycles. The summed E-state index contributed by atoms with van der Waals surface area (Å²) in [6.07, 6.45) is 2.39. The number of hydrogen-bond donors (Lipinski definition) is 0. The van der Waals surface area contributed by atoms with Crippen LogP contribution in [0.1, 0.15) is 10.4 Å². The number of rotatable bonds is 2. The van der Waals surface area contributed by atoms with Crippen LogP contribution < -0.4 is 0 Å². The van der Waals surface area contributed by atoms with Gasteiger partial charge in [-0.05, 0) is 29.6 Å². The van der Waals surface area contributed by atoms with Gasteiger partial charge in [-0.25, -0.2) is 9.97 Å². The van der Waals surface area contributed by atoms with Gasteiger partial charge < -0.3 is 0 Å². The minimum Gasteiger partial charge on any atom is -0.298 e. The fourth-order valence-electron chi connectivity index (χ4n) is 1.76. The third-order valence-corrected chi connectivity index (χ3v) is 3.43. The third-order valence-electron chi connectivity index (χ3n) is 2.55. The first-order valence-corrected chi connectivity index (χ1v) is 6.00. The summed E-state index contributed by atoms with van der Waals surface area (Å²) in [5.74, 6) is 0. The van der Waals surface area contributed by atoms with Crippen molar-refractivity contribution >= 4 is 28.5 Å². The van der Waals surface area contributed by atoms with Crippen molar-refractivity contribution in [2.75, 3.05) is 0 Å². The maximum atomic E-state index is 10.8. The molecule has 17 heavy (non-hydrogen) atoms. The lowest BCUT2D eigenvalue weighted by Gasteiger charge is -2.03. The van der Waals surface area contributed by atoms with Crippen molar-refractivity contribution in [2.24, 2.45) is 0 Å². The number of aldehydes is 1. The smallest absolute Gasteiger partial charge is 0.150 e. The summed E-state index contributed by atoms with van der Waals surface area (Å²) in [7, 11) is 0. The first-order chi connectivity index (χ1) is 8.38. The van der Waals surface area contributed by atoms with E-state index in [-0.39, 0.29) is 0 Å². The molecule has 2 aromatic heterocycles. The Kier molecular flexibility index (Phi) is 2.42. The Labute approximate surface area is 102 Å². The second kappa shape index (κ2) is 4.07. The van der Waals surface area contributed by atoms with Gasteiger partial charge in [-0.3, -0.25) is 4.79 Å². The molecule has 0 unspecified atom stereocenters. The average Bonchev–Trinajstić information content (AvgIpc) is 2.91. The van der Waals surface area contributed by atoms with Crippen LogP contribution in [-0.4, -0.2) is 16.3 Å². The molecule has 0 atom stereocenters. The molecule has 4 heteroatoms. The molecule has 82 valence electrons. The first-order valence-electron chi connectivity index (χ1n) is 5.12. The summed E-state index contributed by atoms with van der Waals surface area (Å²) in [5.41, 5.74) is 2.38. The fourth-order valence-corrected chi connectivity index (χ4v) is 2.49. The SMILES string of the molecule is O=Cc1ccc2ncnc(-c3cccs3)c2c1. The highest BCUT2D eigenvalue weighted by Gasteiger charge is 2.07. The van der Waals surface area contributed by atoms with Crippen molar-refractivity contribution < 1.29 is 4.79 Å². The molecule has 0 aliphatic rings. The number of carbonyl (C=O) groups excluding carboxylic acids is 1. The summed E-state index contributed by atoms with van der Waals surface area (Å²) in [4.78, 5) is 20.4. The van der Waals surface area contributed by atoms with Crippen LogP contribution in [0.4, 0.5) is 0 Å². The Morgan fingerprint density at radius 1 is 1.18 bits per heavy atom. The molecule has 0 aliphatic heterocycles. The van der Waals surface area contributed by atoms with E-state index in [1.165, 1.54) is 0 Å². The zero-order chi connectivity index (χ0) is 11.7. The molecule has 0 amide bonds. The second-order valence-electron chi connectivity index (χ2n) is 3.59. The van der Waals surface area contributed by atoms with Gasteiger partial charge in [0, 0.05) is 10.9 Å². The Bertz CT molecular complexity index is 677. The highest BCUT2D eigenvalue weighted by Crippen LogP contribution is 2.29. The lowest BCUT2D eigenvalue weighted by Crippen LogP contribution is -1.89. The monoisotopic (exact) mass is 240 g/mol. The number of thiophene rings is 1. The van der Waals surface area contributed by atoms with Crippen molar-refractivity contribution in [1.29, 1.82) is 0 Å². The van der Waals surface area contributed by atoms with E-state index in [2.05, 4.69) is 9.97 Å². The first kappa shape index (κ1) is 10.1. The van der Waals surface area contributed by atoms with Gasteiger partial charge >= 0.3 is 0 Å². The number of carbonyl (C=O) groups is 1. The van der Waals surface area contributed by atoms with Crippen molar-refractivity contribution in [3.63, 3.8) is 0 Å². The van der Waals surface area contributed by atoms with Gasteiger partial charge in [-0.2, -0.15) is 0 Å². The molecule has 3 aromatic rings. The molecule has 0 saturated heterocycles. The van der Waals surface area contributed by atoms with Gasteiger partial charge in [-0.15, -0.1) is 11.3 Å². The van der Waals surface area contributed by atoms with Crippen LogP contribution in [0, 0.1) is 0 Å². The maximum absolute atomic E-state index is 10.8. The van der Waals surface area contributed by atoms with Gasteiger partial charge in [0.25, 0.3) is 0 Å². The Morgan fingerprint density at radius 2 is 2.12 bits per heavy atom. The van der Waals surface area contributed by atoms with E-state index in [4.69, 9.17) is 0 Å². The van der Waals surface area contributed by atoms with Gasteiger partial charge in [0.1, 0.15) is 12.6 Å². The van der Waals surface area contributed by atoms with Crippen LogP contribution in [-0.2, 0) is 0 Å². The van der Waals surface area contributed by atoms with Crippen molar-refractivity contribution in [2.45, 2.75) is 0 Å². The molecule has 0 bridgehead atoms. The molecule has 3 nitrogen and oxygen atoms in total. The minimum atomic E-state index is 0.644. The summed E-state index contributed by atoms with van der Waals surface area (Å²) in [6.45, 7) is 0. The van der Waals surface area contributed by atoms with Crippen LogP contribution >= 0.6 is 11.3 Å². The molecule has 1 aromatic carbocycles. The van der Waals surface area contributed by atoms with Crippen LogP contribution in [0.2, 0.25) is 0 Å². The number of aromatic nitrogens is 2. The quantitative estimate of drug-likeness (QED) is 0.646. The average molecular weight is 240 g/mol. The van der Waals surface area contributed by atoms with Crippen LogP contribution in [0.25, 0.3) is 21.5 Å². The Balaban J connectivity index is 2.34. The third kappa shape index (κ3) is 1.72. The standard InChI is InChI=1S/C13H8N2OS/c16-7-9-3-4-11-10(6-9)13(15-8-14-11)12-2-1-5-17-12/h1-8H. The predicted octanol–water partition coefficient (Wildman–Crippen LogP) is 3.17. The summed E-state index contributed by atoms with van der Waals surface area (Å²) >= 11 is 1.63. The second-order valence-corrected chi connectivity index (χ2v) is 4.54. The molecular formula is C13H8N2OS. The van der Waals surface area contributed by atoms with E-state index in [9.17, 15) is 4.79 Å². The van der Waals surface area contributed by atoms with E-state index in [1.807, 2.05) is 29.6 Å². The van der Waals surface area contributed by atoms with Gasteiger partial charge in [0.15, 0.2) is 0 Å². The van der Waals surface area contributed by atoms with E-state index in [0.717, 1.165) is 27.8 Å². The normalized spacial score (nSPS) is 10.6. The zero-order valence-corrected chi connectivity index (χ0v) is 9.65. The Hall–Kier alpha value is -2.07. The molecule has 0 fully saturated rings. The van der Waals surface area contributed by atoms with Crippen LogP contribution in [0.5, 0.6) is 0 Å². The van der Waals surface area contributed by atoms with Crippen molar-refractivity contribution in [1.82, 2.24) is 9.97 Å². The van der Waals surface area contributed by atoms with Crippen molar-refractivity contribution in [3.8, 4) is 10.6 Å². The van der Waals surface area contributed by atoms with Gasteiger partial charge in [-0.1, -0.05) is 6.07 Å². The lowest BCUT2D eigenvalue weighted by atomic mass is 10.1. The number of nitrogens with zero attached hydrogens (tertiary/aromatic N) is 2. The van der Waals surface area contributed by atoms with Crippen LogP contribution in [0.3, 0.4) is 0 Å². The number of benzene rings is 1. The maximum Gasteiger partial charge on any atom is 0.150 e. The molecule has 0 N–H and O–H groups in total. The van der Waals surface area contributed by atoms with Crippen LogP contribution in [0.15, 0.2) is 42.0 Å². The fraction of sp³-hybridized carbons (Fsp3) is 0. The van der Waals surface area contributed by atoms with E-state index < -0.39 is 0 Å². The zero-order valence-electron chi connectivity index (χ0n) is 8.83. The molecule has 0 saturated carbocycles. The minimum absolute atomic E-state index is 0.644. The van der Waals surface area contributed by atoms with E-state index >= 15 is 0 Å². The van der Waals surface area contributed by atoms with Gasteiger partial charge in [0.2, 0.25) is 0 Å². The molecule has 0 aliphatic carbocycles. The van der Waals surface area contributed by atoms with Crippen molar-refractivity contribution in [3.05, 3.63) is 47.6 Å². The highest BCUT2D eigenvalue weighted by atomic mass is 32.1. The predicted molar refractivity (Wildman–Crippen MR) is 68.2 cm³/mol. The van der Waals surface area contributed by atoms with Gasteiger partial charge in [0.05, 0.1) is 16.1 Å². The summed E-state index contributed by atoms with van der Waals surface area (Å²) < 4.78 is 0. The largest absolute Gasteiger partial charge is 0.298 e. The number of fused-ring (bicyclic) bond motifs is 1. The summed E-state index contributed by atoms with van der Waals surface area (Å²) in [6, 6.07) is 9.44. The molecular weight excluding hydrogens is 232 g/mol. The highest BCUT2D eigenvalue weighted by molar-refractivity contribution is 7.13. The Morgan fingerprint density at radius 3 is 2.88 bits per heavy atom. The molecule has 0 radical (unpaired) electrons. The summed E-state index contributed by atoms with van der Waals surface area (Å²) in [5, 5.41) is 2.92. The number of hydrogen-bond acceptors (Lipinski definition) is 4. The molecule has 0 spiro atoms. The topological polar surface area (TPSA) is 42.9 Å².